The van der Waals surface area contributed by atoms with Crippen LogP contribution in [0.2, 0.25) is 0 Å². The number of nitrogens with two attached hydrogens (primary N) is 1. The van der Waals surface area contributed by atoms with Crippen LogP contribution in [0.25, 0.3) is 0 Å². The van der Waals surface area contributed by atoms with Crippen molar-refractivity contribution in [3.8, 4) is 6.07 Å². The van der Waals surface area contributed by atoms with Crippen LogP contribution in [0, 0.1) is 11.3 Å². The highest BCUT2D eigenvalue weighted by atomic mass is 15.3. The fourth-order valence-electron chi connectivity index (χ4n) is 2.48. The van der Waals surface area contributed by atoms with Crippen molar-refractivity contribution in [1.82, 2.24) is 10.2 Å². The molecule has 1 aromatic heterocycles. The van der Waals surface area contributed by atoms with Gasteiger partial charge in [-0.25, -0.2) is 0 Å². The summed E-state index contributed by atoms with van der Waals surface area (Å²) >= 11 is 0. The molecule has 1 unspecified atom stereocenters. The Morgan fingerprint density at radius 3 is 2.67 bits per heavy atom. The highest BCUT2D eigenvalue weighted by Crippen LogP contribution is 2.25. The summed E-state index contributed by atoms with van der Waals surface area (Å²) in [6, 6.07) is 2.47. The second-order valence-electron chi connectivity index (χ2n) is 4.64. The van der Waals surface area contributed by atoms with E-state index >= 15 is 0 Å². The van der Waals surface area contributed by atoms with E-state index in [0.29, 0.717) is 11.4 Å². The number of rotatable bonds is 3. The molecule has 1 fully saturated rings. The van der Waals surface area contributed by atoms with Crippen LogP contribution < -0.4 is 10.6 Å². The fourth-order valence-corrected chi connectivity index (χ4v) is 2.48. The van der Waals surface area contributed by atoms with Gasteiger partial charge in [-0.1, -0.05) is 13.8 Å². The van der Waals surface area contributed by atoms with Crippen molar-refractivity contribution < 1.29 is 0 Å². The summed E-state index contributed by atoms with van der Waals surface area (Å²) in [7, 11) is 0. The first kappa shape index (κ1) is 12.8. The van der Waals surface area contributed by atoms with Crippen LogP contribution in [0.4, 0.5) is 5.82 Å². The third-order valence-corrected chi connectivity index (χ3v) is 3.46. The van der Waals surface area contributed by atoms with Gasteiger partial charge in [0.15, 0.2) is 5.82 Å². The van der Waals surface area contributed by atoms with E-state index in [2.05, 4.69) is 28.1 Å². The molecular weight excluding hydrogens is 226 g/mol. The van der Waals surface area contributed by atoms with Gasteiger partial charge < -0.3 is 10.6 Å². The smallest absolute Gasteiger partial charge is 0.169 e. The molecule has 0 saturated carbocycles. The molecule has 18 heavy (non-hydrogen) atoms. The summed E-state index contributed by atoms with van der Waals surface area (Å²) in [6.07, 6.45) is 2.57. The zero-order valence-electron chi connectivity index (χ0n) is 11.0. The lowest BCUT2D eigenvalue weighted by Gasteiger charge is -2.19. The maximum absolute atomic E-state index is 9.40. The van der Waals surface area contributed by atoms with E-state index in [0.717, 1.165) is 43.6 Å². The monoisotopic (exact) mass is 245 g/mol. The van der Waals surface area contributed by atoms with Crippen LogP contribution >= 0.6 is 0 Å². The molecule has 1 saturated heterocycles. The lowest BCUT2D eigenvalue weighted by molar-refractivity contribution is 0.749. The van der Waals surface area contributed by atoms with E-state index in [1.807, 2.05) is 6.92 Å². The Hall–Kier alpha value is -1.67. The maximum atomic E-state index is 9.40. The maximum Gasteiger partial charge on any atom is 0.169 e. The predicted molar refractivity (Wildman–Crippen MR) is 70.3 cm³/mol. The van der Waals surface area contributed by atoms with Crippen molar-refractivity contribution >= 4 is 5.82 Å². The molecule has 0 amide bonds. The molecule has 0 aliphatic carbocycles. The second kappa shape index (κ2) is 5.32. The molecule has 1 atom stereocenters. The summed E-state index contributed by atoms with van der Waals surface area (Å²) in [6.45, 7) is 5.71. The molecule has 1 aliphatic heterocycles. The van der Waals surface area contributed by atoms with Gasteiger partial charge in [-0.05, 0) is 24.8 Å². The summed E-state index contributed by atoms with van der Waals surface area (Å²) in [5, 5.41) is 17.9. The second-order valence-corrected chi connectivity index (χ2v) is 4.64. The number of aromatic nitrogens is 2. The summed E-state index contributed by atoms with van der Waals surface area (Å²) in [4.78, 5) is 2.08. The standard InChI is InChI=1S/C13H19N5/c1-3-10-11(7-14)13(17-16-12(10)4-2)18-6-5-9(15)8-18/h9H,3-6,8,15H2,1-2H3. The van der Waals surface area contributed by atoms with Gasteiger partial charge in [-0.15, -0.1) is 5.10 Å². The van der Waals surface area contributed by atoms with Crippen LogP contribution in [-0.2, 0) is 12.8 Å². The van der Waals surface area contributed by atoms with Gasteiger partial charge in [0, 0.05) is 19.1 Å². The number of nitrogens with zero attached hydrogens (tertiary/aromatic N) is 4. The Balaban J connectivity index is 2.45. The van der Waals surface area contributed by atoms with Gasteiger partial charge >= 0.3 is 0 Å². The molecule has 5 heteroatoms. The average molecular weight is 245 g/mol. The number of aryl methyl sites for hydroxylation is 1. The summed E-state index contributed by atoms with van der Waals surface area (Å²) in [5.41, 5.74) is 8.55. The molecular formula is C13H19N5. The minimum atomic E-state index is 0.175. The van der Waals surface area contributed by atoms with Gasteiger partial charge in [-0.3, -0.25) is 0 Å². The highest BCUT2D eigenvalue weighted by molar-refractivity contribution is 5.58. The van der Waals surface area contributed by atoms with E-state index in [4.69, 9.17) is 5.73 Å². The number of nitriles is 1. The number of hydrogen-bond donors (Lipinski definition) is 1. The van der Waals surface area contributed by atoms with E-state index in [-0.39, 0.29) is 6.04 Å². The van der Waals surface area contributed by atoms with Gasteiger partial charge in [0.25, 0.3) is 0 Å². The number of anilines is 1. The van der Waals surface area contributed by atoms with Gasteiger partial charge in [-0.2, -0.15) is 10.4 Å². The molecule has 2 rings (SSSR count). The SMILES string of the molecule is CCc1nnc(N2CCC(N)C2)c(C#N)c1CC. The molecule has 0 spiro atoms. The summed E-state index contributed by atoms with van der Waals surface area (Å²) in [5.74, 6) is 0.708. The topological polar surface area (TPSA) is 78.8 Å². The lowest BCUT2D eigenvalue weighted by atomic mass is 10.0. The number of hydrogen-bond acceptors (Lipinski definition) is 5. The van der Waals surface area contributed by atoms with E-state index in [1.54, 1.807) is 0 Å². The molecule has 1 aromatic rings. The van der Waals surface area contributed by atoms with Gasteiger partial charge in [0.05, 0.1) is 5.69 Å². The van der Waals surface area contributed by atoms with E-state index < -0.39 is 0 Å². The third kappa shape index (κ3) is 2.16. The third-order valence-electron chi connectivity index (χ3n) is 3.46. The van der Waals surface area contributed by atoms with E-state index in [9.17, 15) is 5.26 Å². The molecule has 96 valence electrons. The van der Waals surface area contributed by atoms with Crippen molar-refractivity contribution in [3.63, 3.8) is 0 Å². The van der Waals surface area contributed by atoms with Crippen LogP contribution in [-0.4, -0.2) is 29.3 Å². The van der Waals surface area contributed by atoms with E-state index in [1.165, 1.54) is 0 Å². The quantitative estimate of drug-likeness (QED) is 0.859. The Bertz CT molecular complexity index is 477. The molecule has 2 heterocycles. The van der Waals surface area contributed by atoms with Crippen LogP contribution in [0.15, 0.2) is 0 Å². The molecule has 0 bridgehead atoms. The first-order chi connectivity index (χ1) is 8.71. The van der Waals surface area contributed by atoms with Crippen LogP contribution in [0.3, 0.4) is 0 Å². The molecule has 5 nitrogen and oxygen atoms in total. The zero-order chi connectivity index (χ0) is 13.1. The summed E-state index contributed by atoms with van der Waals surface area (Å²) < 4.78 is 0. The van der Waals surface area contributed by atoms with Crippen molar-refractivity contribution in [2.45, 2.75) is 39.2 Å². The van der Waals surface area contributed by atoms with Gasteiger partial charge in [0.2, 0.25) is 0 Å². The molecule has 1 aliphatic rings. The molecule has 0 radical (unpaired) electrons. The van der Waals surface area contributed by atoms with Crippen LogP contribution in [0.1, 0.15) is 37.1 Å². The zero-order valence-corrected chi connectivity index (χ0v) is 11.0. The van der Waals surface area contributed by atoms with Crippen molar-refractivity contribution in [3.05, 3.63) is 16.8 Å². The highest BCUT2D eigenvalue weighted by Gasteiger charge is 2.25. The normalized spacial score (nSPS) is 19.0. The predicted octanol–water partition coefficient (Wildman–Crippen LogP) is 1.01. The molecule has 2 N–H and O–H groups in total. The minimum absolute atomic E-state index is 0.175. The Kier molecular flexibility index (Phi) is 3.78. The van der Waals surface area contributed by atoms with Crippen molar-refractivity contribution in [2.75, 3.05) is 18.0 Å². The van der Waals surface area contributed by atoms with Crippen molar-refractivity contribution in [1.29, 1.82) is 5.26 Å². The Morgan fingerprint density at radius 2 is 2.17 bits per heavy atom. The first-order valence-corrected chi connectivity index (χ1v) is 6.50. The average Bonchev–Trinajstić information content (AvgIpc) is 2.83. The molecule has 0 aromatic carbocycles. The minimum Gasteiger partial charge on any atom is -0.352 e. The fraction of sp³-hybridized carbons (Fsp3) is 0.615. The van der Waals surface area contributed by atoms with Gasteiger partial charge in [0.1, 0.15) is 11.6 Å². The Labute approximate surface area is 108 Å². The first-order valence-electron chi connectivity index (χ1n) is 6.50. The largest absolute Gasteiger partial charge is 0.352 e. The van der Waals surface area contributed by atoms with Crippen molar-refractivity contribution in [2.24, 2.45) is 5.73 Å². The lowest BCUT2D eigenvalue weighted by Crippen LogP contribution is -2.28. The van der Waals surface area contributed by atoms with Crippen LogP contribution in [0.5, 0.6) is 0 Å². The Morgan fingerprint density at radius 1 is 1.39 bits per heavy atom.